The number of hydrogen-bond acceptors (Lipinski definition) is 6. The number of aryl methyl sites for hydroxylation is 1. The van der Waals surface area contributed by atoms with Crippen molar-refractivity contribution < 1.29 is 8.42 Å². The van der Waals surface area contributed by atoms with E-state index in [4.69, 9.17) is 5.26 Å². The van der Waals surface area contributed by atoms with Crippen LogP contribution in [0.3, 0.4) is 0 Å². The lowest BCUT2D eigenvalue weighted by molar-refractivity contribution is 0.272. The number of nitrogens with zero attached hydrogens (tertiary/aromatic N) is 4. The van der Waals surface area contributed by atoms with Crippen LogP contribution in [0, 0.1) is 24.2 Å². The van der Waals surface area contributed by atoms with Crippen molar-refractivity contribution >= 4 is 27.9 Å². The zero-order valence-electron chi connectivity index (χ0n) is 17.9. The van der Waals surface area contributed by atoms with Crippen molar-refractivity contribution in [2.75, 3.05) is 19.6 Å². The average Bonchev–Trinajstić information content (AvgIpc) is 2.78. The molecule has 0 aliphatic carbocycles. The van der Waals surface area contributed by atoms with Crippen LogP contribution in [0.15, 0.2) is 58.7 Å². The van der Waals surface area contributed by atoms with Crippen LogP contribution in [-0.2, 0) is 10.0 Å². The second kappa shape index (κ2) is 9.47. The first kappa shape index (κ1) is 21.9. The zero-order chi connectivity index (χ0) is 22.6. The van der Waals surface area contributed by atoms with Crippen LogP contribution in [-0.4, -0.2) is 43.6 Å². The van der Waals surface area contributed by atoms with Crippen LogP contribution in [0.25, 0.3) is 11.6 Å². The van der Waals surface area contributed by atoms with Crippen molar-refractivity contribution in [1.82, 2.24) is 14.6 Å². The lowest BCUT2D eigenvalue weighted by atomic mass is 9.98. The number of hydrogen-bond donors (Lipinski definition) is 1. The lowest BCUT2D eigenvalue weighted by Gasteiger charge is -2.31. The van der Waals surface area contributed by atoms with Crippen molar-refractivity contribution in [1.29, 1.82) is 5.26 Å². The van der Waals surface area contributed by atoms with Gasteiger partial charge in [0.1, 0.15) is 0 Å². The van der Waals surface area contributed by atoms with Gasteiger partial charge in [-0.2, -0.15) is 9.57 Å². The van der Waals surface area contributed by atoms with Gasteiger partial charge in [-0.1, -0.05) is 12.1 Å². The number of rotatable bonds is 7. The van der Waals surface area contributed by atoms with E-state index in [2.05, 4.69) is 21.4 Å². The Kier molecular flexibility index (Phi) is 6.49. The Balaban J connectivity index is 1.29. The van der Waals surface area contributed by atoms with Crippen LogP contribution in [0.5, 0.6) is 0 Å². The van der Waals surface area contributed by atoms with E-state index in [0.717, 1.165) is 41.9 Å². The summed E-state index contributed by atoms with van der Waals surface area (Å²) >= 11 is 0. The zero-order valence-corrected chi connectivity index (χ0v) is 18.7. The molecule has 1 saturated heterocycles. The van der Waals surface area contributed by atoms with Crippen LogP contribution >= 0.6 is 0 Å². The Morgan fingerprint density at radius 1 is 1.25 bits per heavy atom. The maximum absolute atomic E-state index is 12.9. The second-order valence-corrected chi connectivity index (χ2v) is 9.93. The van der Waals surface area contributed by atoms with E-state index in [1.54, 1.807) is 30.6 Å². The van der Waals surface area contributed by atoms with E-state index in [9.17, 15) is 8.42 Å². The van der Waals surface area contributed by atoms with Gasteiger partial charge in [-0.05, 0) is 67.8 Å². The second-order valence-electron chi connectivity index (χ2n) is 7.99. The van der Waals surface area contributed by atoms with Gasteiger partial charge in [0.05, 0.1) is 27.9 Å². The summed E-state index contributed by atoms with van der Waals surface area (Å²) in [6.45, 7) is 3.77. The smallest absolute Gasteiger partial charge is 0.243 e. The Labute approximate surface area is 188 Å². The van der Waals surface area contributed by atoms with E-state index in [1.807, 2.05) is 31.3 Å². The Bertz CT molecular complexity index is 1230. The molecule has 0 atom stereocenters. The molecule has 0 unspecified atom stereocenters. The summed E-state index contributed by atoms with van der Waals surface area (Å²) in [6.07, 6.45) is 9.07. The summed E-state index contributed by atoms with van der Waals surface area (Å²) in [4.78, 5) is 8.85. The number of allylic oxidation sites excluding steroid dienone is 1. The van der Waals surface area contributed by atoms with Crippen molar-refractivity contribution in [3.8, 4) is 6.07 Å². The summed E-state index contributed by atoms with van der Waals surface area (Å²) in [5.41, 5.74) is 4.32. The van der Waals surface area contributed by atoms with Crippen molar-refractivity contribution in [3.63, 3.8) is 0 Å². The Hall–Kier alpha value is -3.28. The molecule has 3 heterocycles. The number of sulfonamides is 1. The van der Waals surface area contributed by atoms with Crippen molar-refractivity contribution in [2.45, 2.75) is 24.7 Å². The first-order valence-electron chi connectivity index (χ1n) is 10.6. The Morgan fingerprint density at radius 3 is 2.72 bits per heavy atom. The summed E-state index contributed by atoms with van der Waals surface area (Å²) in [5, 5.41) is 12.4. The monoisotopic (exact) mass is 447 g/mol. The lowest BCUT2D eigenvalue weighted by Crippen LogP contribution is -2.40. The molecule has 32 heavy (non-hydrogen) atoms. The van der Waals surface area contributed by atoms with Gasteiger partial charge in [-0.3, -0.25) is 4.99 Å². The van der Waals surface area contributed by atoms with E-state index in [1.165, 1.54) is 10.4 Å². The summed E-state index contributed by atoms with van der Waals surface area (Å²) in [6, 6.07) is 12.2. The van der Waals surface area contributed by atoms with Gasteiger partial charge in [0, 0.05) is 37.6 Å². The summed E-state index contributed by atoms with van der Waals surface area (Å²) < 4.78 is 27.3. The fraction of sp³-hybridized carbons (Fsp3) is 0.292. The minimum atomic E-state index is -3.57. The quantitative estimate of drug-likeness (QED) is 0.702. The fourth-order valence-corrected chi connectivity index (χ4v) is 5.27. The molecule has 2 aromatic rings. The molecule has 2 aliphatic heterocycles. The number of nitriles is 1. The predicted octanol–water partition coefficient (Wildman–Crippen LogP) is 3.35. The van der Waals surface area contributed by atoms with Gasteiger partial charge in [0.25, 0.3) is 0 Å². The molecule has 1 N–H and O–H groups in total. The molecular weight excluding hydrogens is 422 g/mol. The number of benzene rings is 1. The topological polar surface area (TPSA) is 98.4 Å². The summed E-state index contributed by atoms with van der Waals surface area (Å²) in [5.74, 6) is 0.397. The average molecular weight is 448 g/mol. The predicted molar refractivity (Wildman–Crippen MR) is 125 cm³/mol. The number of pyridine rings is 1. The van der Waals surface area contributed by atoms with Crippen LogP contribution in [0.2, 0.25) is 0 Å². The largest absolute Gasteiger partial charge is 0.391 e. The van der Waals surface area contributed by atoms with E-state index >= 15 is 0 Å². The highest BCUT2D eigenvalue weighted by Gasteiger charge is 2.29. The molecule has 1 aromatic carbocycles. The van der Waals surface area contributed by atoms with Crippen LogP contribution < -0.4 is 5.32 Å². The van der Waals surface area contributed by atoms with Gasteiger partial charge >= 0.3 is 0 Å². The number of nitrogens with one attached hydrogen (secondary N) is 1. The number of aliphatic imine (C=N–C) groups is 1. The molecule has 7 nitrogen and oxygen atoms in total. The standard InChI is InChI=1S/C24H25N5O2S/c1-18-5-6-24(21-16-27-17-21)28-23(18)7-10-26-15-19-8-11-29(12-9-19)32(30,31)22-4-2-3-20(13-22)14-25/h2-7,10,13,16-17,19,26H,8-9,11-12,15H2,1H3/b10-7-. The van der Waals surface area contributed by atoms with Gasteiger partial charge in [-0.15, -0.1) is 0 Å². The molecule has 1 fully saturated rings. The highest BCUT2D eigenvalue weighted by Crippen LogP contribution is 2.24. The molecule has 0 amide bonds. The van der Waals surface area contributed by atoms with E-state index < -0.39 is 10.0 Å². The van der Waals surface area contributed by atoms with E-state index in [0.29, 0.717) is 24.6 Å². The molecule has 164 valence electrons. The van der Waals surface area contributed by atoms with Gasteiger partial charge in [-0.25, -0.2) is 13.4 Å². The van der Waals surface area contributed by atoms with Crippen LogP contribution in [0.4, 0.5) is 0 Å². The number of piperidine rings is 1. The minimum Gasteiger partial charge on any atom is -0.391 e. The third kappa shape index (κ3) is 4.79. The molecule has 4 rings (SSSR count). The minimum absolute atomic E-state index is 0.185. The molecule has 2 aliphatic rings. The first-order chi connectivity index (χ1) is 15.5. The van der Waals surface area contributed by atoms with E-state index in [-0.39, 0.29) is 4.90 Å². The van der Waals surface area contributed by atoms with Crippen LogP contribution in [0.1, 0.15) is 35.4 Å². The normalized spacial score (nSPS) is 17.1. The molecule has 0 bridgehead atoms. The third-order valence-corrected chi connectivity index (χ3v) is 7.69. The maximum Gasteiger partial charge on any atom is 0.243 e. The van der Waals surface area contributed by atoms with Crippen molar-refractivity contribution in [3.05, 3.63) is 71.3 Å². The van der Waals surface area contributed by atoms with Gasteiger partial charge < -0.3 is 5.32 Å². The molecule has 8 heteroatoms. The maximum atomic E-state index is 12.9. The SMILES string of the molecule is Cc1ccc(C2=CN=C2)nc1/C=C\NCC1CCN(S(=O)(=O)c2cccc(C#N)c2)CC1. The number of aromatic nitrogens is 1. The molecule has 0 radical (unpaired) electrons. The first-order valence-corrected chi connectivity index (χ1v) is 12.0. The van der Waals surface area contributed by atoms with Crippen molar-refractivity contribution in [2.24, 2.45) is 10.9 Å². The van der Waals surface area contributed by atoms with Gasteiger partial charge in [0.2, 0.25) is 10.0 Å². The molecule has 0 spiro atoms. The highest BCUT2D eigenvalue weighted by molar-refractivity contribution is 7.89. The highest BCUT2D eigenvalue weighted by atomic mass is 32.2. The summed E-state index contributed by atoms with van der Waals surface area (Å²) in [7, 11) is -3.57. The molecule has 1 aromatic heterocycles. The molecular formula is C24H25N5O2S. The third-order valence-electron chi connectivity index (χ3n) is 5.80. The fourth-order valence-electron chi connectivity index (χ4n) is 3.76. The van der Waals surface area contributed by atoms with Gasteiger partial charge in [0.15, 0.2) is 0 Å². The Morgan fingerprint density at radius 2 is 2.03 bits per heavy atom. The molecule has 0 saturated carbocycles.